The van der Waals surface area contributed by atoms with E-state index in [0.29, 0.717) is 22.9 Å². The number of methoxy groups -OCH3 is 1. The van der Waals surface area contributed by atoms with Crippen molar-refractivity contribution in [2.75, 3.05) is 20.3 Å². The third-order valence-electron chi connectivity index (χ3n) is 4.62. The molecule has 0 spiro atoms. The van der Waals surface area contributed by atoms with E-state index in [2.05, 4.69) is 0 Å². The molecule has 7 heteroatoms. The third-order valence-corrected chi connectivity index (χ3v) is 4.99. The molecule has 2 aromatic rings. The smallest absolute Gasteiger partial charge is 0.311 e. The number of carbonyl (C=O) groups excluding carboxylic acids is 3. The van der Waals surface area contributed by atoms with Crippen LogP contribution in [0, 0.1) is 5.92 Å². The Labute approximate surface area is 168 Å². The van der Waals surface area contributed by atoms with Gasteiger partial charge in [-0.2, -0.15) is 0 Å². The highest BCUT2D eigenvalue weighted by molar-refractivity contribution is 6.31. The standard InChI is InChI=1S/C21H20ClNO5/c1-27-17-8-6-14(7-9-17)19(24)13-28-21(26)16-10-20(25)23(12-16)11-15-4-2-3-5-18(15)22/h2-9,16H,10-13H2,1H3/t16-/m1/s1. The Morgan fingerprint density at radius 3 is 2.54 bits per heavy atom. The zero-order chi connectivity index (χ0) is 20.1. The van der Waals surface area contributed by atoms with E-state index in [1.54, 1.807) is 35.2 Å². The molecule has 1 amide bonds. The lowest BCUT2D eigenvalue weighted by atomic mass is 10.1. The second kappa shape index (κ2) is 8.89. The summed E-state index contributed by atoms with van der Waals surface area (Å²) in [5, 5.41) is 0.575. The summed E-state index contributed by atoms with van der Waals surface area (Å²) in [7, 11) is 1.54. The molecule has 2 aromatic carbocycles. The van der Waals surface area contributed by atoms with Crippen molar-refractivity contribution in [1.29, 1.82) is 0 Å². The van der Waals surface area contributed by atoms with Gasteiger partial charge in [0.25, 0.3) is 0 Å². The van der Waals surface area contributed by atoms with E-state index >= 15 is 0 Å². The quantitative estimate of drug-likeness (QED) is 0.526. The van der Waals surface area contributed by atoms with Gasteiger partial charge >= 0.3 is 5.97 Å². The van der Waals surface area contributed by atoms with Crippen molar-refractivity contribution in [2.45, 2.75) is 13.0 Å². The van der Waals surface area contributed by atoms with Crippen molar-refractivity contribution in [2.24, 2.45) is 5.92 Å². The highest BCUT2D eigenvalue weighted by atomic mass is 35.5. The molecule has 146 valence electrons. The van der Waals surface area contributed by atoms with Crippen LogP contribution in [0.2, 0.25) is 5.02 Å². The van der Waals surface area contributed by atoms with E-state index in [9.17, 15) is 14.4 Å². The van der Waals surface area contributed by atoms with Crippen LogP contribution in [0.1, 0.15) is 22.3 Å². The number of Topliss-reactive ketones (excluding diaryl/α,β-unsaturated/α-hetero) is 1. The first kappa shape index (κ1) is 19.9. The lowest BCUT2D eigenvalue weighted by Gasteiger charge is -2.17. The number of esters is 1. The van der Waals surface area contributed by atoms with E-state index in [-0.39, 0.29) is 31.3 Å². The summed E-state index contributed by atoms with van der Waals surface area (Å²) >= 11 is 6.14. The number of ketones is 1. The van der Waals surface area contributed by atoms with Crippen LogP contribution in [0.3, 0.4) is 0 Å². The van der Waals surface area contributed by atoms with Crippen LogP contribution in [0.25, 0.3) is 0 Å². The molecular formula is C21H20ClNO5. The first-order valence-electron chi connectivity index (χ1n) is 8.83. The summed E-state index contributed by atoms with van der Waals surface area (Å²) in [6, 6.07) is 13.8. The first-order chi connectivity index (χ1) is 13.5. The van der Waals surface area contributed by atoms with Gasteiger partial charge in [0.1, 0.15) is 5.75 Å². The van der Waals surface area contributed by atoms with Gasteiger partial charge in [-0.1, -0.05) is 29.8 Å². The molecule has 0 bridgehead atoms. The molecule has 1 aliphatic heterocycles. The molecule has 1 atom stereocenters. The largest absolute Gasteiger partial charge is 0.497 e. The van der Waals surface area contributed by atoms with Gasteiger partial charge in [-0.3, -0.25) is 14.4 Å². The molecule has 0 radical (unpaired) electrons. The molecular weight excluding hydrogens is 382 g/mol. The SMILES string of the molecule is COc1ccc(C(=O)COC(=O)[C@@H]2CC(=O)N(Cc3ccccc3Cl)C2)cc1. The summed E-state index contributed by atoms with van der Waals surface area (Å²) in [5.41, 5.74) is 1.25. The zero-order valence-electron chi connectivity index (χ0n) is 15.4. The molecule has 0 aliphatic carbocycles. The number of carbonyl (C=O) groups is 3. The highest BCUT2D eigenvalue weighted by Crippen LogP contribution is 2.24. The average molecular weight is 402 g/mol. The molecule has 0 unspecified atom stereocenters. The lowest BCUT2D eigenvalue weighted by Crippen LogP contribution is -2.27. The van der Waals surface area contributed by atoms with Crippen LogP contribution in [0.15, 0.2) is 48.5 Å². The van der Waals surface area contributed by atoms with Crippen molar-refractivity contribution < 1.29 is 23.9 Å². The van der Waals surface area contributed by atoms with Gasteiger partial charge in [0.2, 0.25) is 5.91 Å². The van der Waals surface area contributed by atoms with Crippen molar-refractivity contribution in [3.05, 3.63) is 64.7 Å². The Morgan fingerprint density at radius 2 is 1.86 bits per heavy atom. The molecule has 1 heterocycles. The average Bonchev–Trinajstić information content (AvgIpc) is 3.08. The van der Waals surface area contributed by atoms with Crippen molar-refractivity contribution in [1.82, 2.24) is 4.90 Å². The van der Waals surface area contributed by atoms with Crippen LogP contribution in [0.5, 0.6) is 5.75 Å². The van der Waals surface area contributed by atoms with Crippen LogP contribution in [0.4, 0.5) is 0 Å². The summed E-state index contributed by atoms with van der Waals surface area (Å²) in [6.45, 7) is 0.229. The summed E-state index contributed by atoms with van der Waals surface area (Å²) in [6.07, 6.45) is 0.0695. The molecule has 6 nitrogen and oxygen atoms in total. The Morgan fingerprint density at radius 1 is 1.14 bits per heavy atom. The van der Waals surface area contributed by atoms with E-state index in [4.69, 9.17) is 21.1 Å². The van der Waals surface area contributed by atoms with Crippen LogP contribution in [-0.2, 0) is 20.9 Å². The van der Waals surface area contributed by atoms with Gasteiger partial charge in [0.05, 0.1) is 13.0 Å². The first-order valence-corrected chi connectivity index (χ1v) is 9.21. The molecule has 0 aromatic heterocycles. The summed E-state index contributed by atoms with van der Waals surface area (Å²) in [4.78, 5) is 38.3. The molecule has 3 rings (SSSR count). The van der Waals surface area contributed by atoms with Crippen LogP contribution in [-0.4, -0.2) is 42.8 Å². The Hall–Kier alpha value is -2.86. The van der Waals surface area contributed by atoms with Gasteiger partial charge in [0, 0.05) is 30.1 Å². The van der Waals surface area contributed by atoms with E-state index in [0.717, 1.165) is 5.56 Å². The fourth-order valence-electron chi connectivity index (χ4n) is 3.03. The molecule has 1 saturated heterocycles. The Balaban J connectivity index is 1.52. The number of benzene rings is 2. The number of hydrogen-bond acceptors (Lipinski definition) is 5. The topological polar surface area (TPSA) is 72.9 Å². The number of amides is 1. The van der Waals surface area contributed by atoms with Crippen LogP contribution >= 0.6 is 11.6 Å². The summed E-state index contributed by atoms with van der Waals surface area (Å²) < 4.78 is 10.2. The highest BCUT2D eigenvalue weighted by Gasteiger charge is 2.35. The van der Waals surface area contributed by atoms with Crippen molar-refractivity contribution in [3.8, 4) is 5.75 Å². The molecule has 1 aliphatic rings. The fraction of sp³-hybridized carbons (Fsp3) is 0.286. The number of ether oxygens (including phenoxy) is 2. The minimum Gasteiger partial charge on any atom is -0.497 e. The van der Waals surface area contributed by atoms with E-state index < -0.39 is 11.9 Å². The zero-order valence-corrected chi connectivity index (χ0v) is 16.1. The minimum atomic E-state index is -0.585. The third kappa shape index (κ3) is 4.70. The molecule has 1 fully saturated rings. The van der Waals surface area contributed by atoms with Gasteiger partial charge in [-0.05, 0) is 35.9 Å². The predicted octanol–water partition coefficient (Wildman–Crippen LogP) is 3.12. The van der Waals surface area contributed by atoms with Gasteiger partial charge in [-0.25, -0.2) is 0 Å². The second-order valence-corrected chi connectivity index (χ2v) is 6.93. The van der Waals surface area contributed by atoms with Crippen molar-refractivity contribution in [3.63, 3.8) is 0 Å². The Bertz CT molecular complexity index is 881. The maximum atomic E-state index is 12.3. The Kier molecular flexibility index (Phi) is 6.31. The molecule has 0 saturated carbocycles. The summed E-state index contributed by atoms with van der Waals surface area (Å²) in [5.74, 6) is -0.941. The minimum absolute atomic E-state index is 0.0695. The number of nitrogens with zero attached hydrogens (tertiary/aromatic N) is 1. The monoisotopic (exact) mass is 401 g/mol. The number of hydrogen-bond donors (Lipinski definition) is 0. The lowest BCUT2D eigenvalue weighted by molar-refractivity contribution is -0.147. The molecule has 0 N–H and O–H groups in total. The number of rotatable bonds is 7. The number of halogens is 1. The maximum Gasteiger partial charge on any atom is 0.311 e. The normalized spacial score (nSPS) is 16.1. The van der Waals surface area contributed by atoms with Crippen LogP contribution < -0.4 is 4.74 Å². The van der Waals surface area contributed by atoms with E-state index in [1.807, 2.05) is 18.2 Å². The number of likely N-dealkylation sites (tertiary alicyclic amines) is 1. The second-order valence-electron chi connectivity index (χ2n) is 6.53. The molecule has 28 heavy (non-hydrogen) atoms. The van der Waals surface area contributed by atoms with E-state index in [1.165, 1.54) is 7.11 Å². The predicted molar refractivity (Wildman–Crippen MR) is 103 cm³/mol. The van der Waals surface area contributed by atoms with Gasteiger partial charge < -0.3 is 14.4 Å². The van der Waals surface area contributed by atoms with Gasteiger partial charge in [0.15, 0.2) is 12.4 Å². The maximum absolute atomic E-state index is 12.3. The van der Waals surface area contributed by atoms with Crippen molar-refractivity contribution >= 4 is 29.3 Å². The fourth-order valence-corrected chi connectivity index (χ4v) is 3.23. The van der Waals surface area contributed by atoms with Gasteiger partial charge in [-0.15, -0.1) is 0 Å².